The van der Waals surface area contributed by atoms with Crippen molar-refractivity contribution in [2.75, 3.05) is 13.7 Å². The van der Waals surface area contributed by atoms with Crippen LogP contribution in [0.15, 0.2) is 4.52 Å². The van der Waals surface area contributed by atoms with E-state index in [2.05, 4.69) is 24.0 Å². The normalized spacial score (nSPS) is 15.0. The second kappa shape index (κ2) is 6.88. The highest BCUT2D eigenvalue weighted by atomic mass is 32.2. The van der Waals surface area contributed by atoms with Crippen molar-refractivity contribution < 1.29 is 9.26 Å². The zero-order valence-corrected chi connectivity index (χ0v) is 10.8. The first kappa shape index (κ1) is 13.5. The van der Waals surface area contributed by atoms with Crippen LogP contribution in [0.4, 0.5) is 0 Å². The lowest BCUT2D eigenvalue weighted by atomic mass is 10.3. The Hall–Kier alpha value is -0.590. The summed E-state index contributed by atoms with van der Waals surface area (Å²) in [6.45, 7) is 4.73. The zero-order valence-electron chi connectivity index (χ0n) is 9.97. The Balaban J connectivity index is 2.45. The summed E-state index contributed by atoms with van der Waals surface area (Å²) in [5.74, 6) is 1.91. The molecule has 1 aromatic heterocycles. The Labute approximate surface area is 100 Å². The van der Waals surface area contributed by atoms with E-state index in [1.165, 1.54) is 0 Å². The lowest BCUT2D eigenvalue weighted by molar-refractivity contribution is 0.166. The van der Waals surface area contributed by atoms with Crippen molar-refractivity contribution in [1.82, 2.24) is 10.1 Å². The number of nitrogens with zero attached hydrogens (tertiary/aromatic N) is 2. The summed E-state index contributed by atoms with van der Waals surface area (Å²) in [4.78, 5) is 4.23. The first-order valence-electron chi connectivity index (χ1n) is 5.36. The third-order valence-corrected chi connectivity index (χ3v) is 3.55. The van der Waals surface area contributed by atoms with Crippen molar-refractivity contribution in [2.45, 2.75) is 37.3 Å². The Bertz CT molecular complexity index is 306. The zero-order chi connectivity index (χ0) is 12.0. The number of rotatable bonds is 7. The average Bonchev–Trinajstić information content (AvgIpc) is 2.75. The van der Waals surface area contributed by atoms with E-state index in [1.807, 2.05) is 11.8 Å². The minimum Gasteiger partial charge on any atom is -0.383 e. The van der Waals surface area contributed by atoms with Crippen LogP contribution in [-0.2, 0) is 10.5 Å². The van der Waals surface area contributed by atoms with Crippen LogP contribution in [0.2, 0.25) is 0 Å². The SMILES string of the molecule is CCC(C)SCc1noc(C(N)COC)n1. The predicted molar refractivity (Wildman–Crippen MR) is 64.2 cm³/mol. The van der Waals surface area contributed by atoms with E-state index in [9.17, 15) is 0 Å². The lowest BCUT2D eigenvalue weighted by Crippen LogP contribution is -2.16. The van der Waals surface area contributed by atoms with Gasteiger partial charge in [-0.05, 0) is 6.42 Å². The molecule has 92 valence electrons. The van der Waals surface area contributed by atoms with Gasteiger partial charge in [-0.15, -0.1) is 0 Å². The molecule has 0 saturated carbocycles. The molecule has 0 spiro atoms. The maximum atomic E-state index is 5.77. The van der Waals surface area contributed by atoms with Gasteiger partial charge in [0.05, 0.1) is 12.4 Å². The van der Waals surface area contributed by atoms with Crippen molar-refractivity contribution >= 4 is 11.8 Å². The molecule has 6 heteroatoms. The van der Waals surface area contributed by atoms with Gasteiger partial charge in [-0.2, -0.15) is 16.7 Å². The molecule has 2 N–H and O–H groups in total. The largest absolute Gasteiger partial charge is 0.383 e. The molecule has 0 fully saturated rings. The van der Waals surface area contributed by atoms with Gasteiger partial charge in [-0.1, -0.05) is 19.0 Å². The number of aromatic nitrogens is 2. The van der Waals surface area contributed by atoms with Gasteiger partial charge in [-0.3, -0.25) is 0 Å². The minimum absolute atomic E-state index is 0.333. The molecule has 2 unspecified atom stereocenters. The van der Waals surface area contributed by atoms with Crippen LogP contribution in [0.3, 0.4) is 0 Å². The van der Waals surface area contributed by atoms with E-state index in [0.717, 1.165) is 12.2 Å². The summed E-state index contributed by atoms with van der Waals surface area (Å²) in [5.41, 5.74) is 5.77. The van der Waals surface area contributed by atoms with E-state index in [4.69, 9.17) is 15.0 Å². The molecule has 0 amide bonds. The number of ether oxygens (including phenoxy) is 1. The van der Waals surface area contributed by atoms with Crippen molar-refractivity contribution in [1.29, 1.82) is 0 Å². The third-order valence-electron chi connectivity index (χ3n) is 2.22. The Morgan fingerprint density at radius 3 is 2.94 bits per heavy atom. The number of nitrogens with two attached hydrogens (primary N) is 1. The average molecular weight is 245 g/mol. The summed E-state index contributed by atoms with van der Waals surface area (Å²) >= 11 is 1.81. The third kappa shape index (κ3) is 4.11. The first-order valence-corrected chi connectivity index (χ1v) is 6.40. The maximum Gasteiger partial charge on any atom is 0.245 e. The molecular weight excluding hydrogens is 226 g/mol. The summed E-state index contributed by atoms with van der Waals surface area (Å²) in [5, 5.41) is 4.49. The molecule has 1 heterocycles. The molecule has 1 aromatic rings. The fraction of sp³-hybridized carbons (Fsp3) is 0.800. The van der Waals surface area contributed by atoms with Gasteiger partial charge in [0.15, 0.2) is 5.82 Å². The van der Waals surface area contributed by atoms with E-state index < -0.39 is 0 Å². The van der Waals surface area contributed by atoms with Gasteiger partial charge < -0.3 is 15.0 Å². The molecule has 0 bridgehead atoms. The number of methoxy groups -OCH3 is 1. The number of hydrogen-bond acceptors (Lipinski definition) is 6. The van der Waals surface area contributed by atoms with Crippen LogP contribution in [-0.4, -0.2) is 29.1 Å². The smallest absolute Gasteiger partial charge is 0.245 e. The van der Waals surface area contributed by atoms with Crippen molar-refractivity contribution in [3.8, 4) is 0 Å². The Morgan fingerprint density at radius 1 is 1.56 bits per heavy atom. The monoisotopic (exact) mass is 245 g/mol. The van der Waals surface area contributed by atoms with Crippen molar-refractivity contribution in [2.24, 2.45) is 5.73 Å². The topological polar surface area (TPSA) is 74.2 Å². The fourth-order valence-electron chi connectivity index (χ4n) is 1.06. The van der Waals surface area contributed by atoms with Crippen LogP contribution in [0, 0.1) is 0 Å². The summed E-state index contributed by atoms with van der Waals surface area (Å²) < 4.78 is 9.99. The van der Waals surface area contributed by atoms with Crippen LogP contribution in [0.5, 0.6) is 0 Å². The van der Waals surface area contributed by atoms with E-state index in [0.29, 0.717) is 23.6 Å². The second-order valence-corrected chi connectivity index (χ2v) is 5.07. The molecule has 16 heavy (non-hydrogen) atoms. The van der Waals surface area contributed by atoms with Gasteiger partial charge in [0, 0.05) is 12.4 Å². The highest BCUT2D eigenvalue weighted by molar-refractivity contribution is 7.99. The molecule has 0 radical (unpaired) electrons. The summed E-state index contributed by atoms with van der Waals surface area (Å²) in [6.07, 6.45) is 1.14. The molecule has 5 nitrogen and oxygen atoms in total. The highest BCUT2D eigenvalue weighted by Gasteiger charge is 2.14. The van der Waals surface area contributed by atoms with Crippen molar-refractivity contribution in [3.05, 3.63) is 11.7 Å². The maximum absolute atomic E-state index is 5.77. The van der Waals surface area contributed by atoms with Crippen LogP contribution in [0.1, 0.15) is 38.0 Å². The molecule has 0 aromatic carbocycles. The van der Waals surface area contributed by atoms with Crippen molar-refractivity contribution in [3.63, 3.8) is 0 Å². The van der Waals surface area contributed by atoms with Gasteiger partial charge in [0.1, 0.15) is 6.04 Å². The summed E-state index contributed by atoms with van der Waals surface area (Å²) in [6, 6.07) is -0.333. The lowest BCUT2D eigenvalue weighted by Gasteiger charge is -2.04. The molecule has 2 atom stereocenters. The summed E-state index contributed by atoms with van der Waals surface area (Å²) in [7, 11) is 1.59. The number of hydrogen-bond donors (Lipinski definition) is 1. The van der Waals surface area contributed by atoms with Gasteiger partial charge in [-0.25, -0.2) is 0 Å². The molecule has 1 rings (SSSR count). The molecule has 0 aliphatic heterocycles. The standard InChI is InChI=1S/C10H19N3O2S/c1-4-7(2)16-6-9-12-10(15-13-9)8(11)5-14-3/h7-8H,4-6,11H2,1-3H3. The molecule has 0 aliphatic rings. The fourth-order valence-corrected chi connectivity index (χ4v) is 1.85. The minimum atomic E-state index is -0.333. The Morgan fingerprint density at radius 2 is 2.31 bits per heavy atom. The van der Waals surface area contributed by atoms with E-state index in [-0.39, 0.29) is 6.04 Å². The van der Waals surface area contributed by atoms with Crippen LogP contribution in [0.25, 0.3) is 0 Å². The first-order chi connectivity index (χ1) is 7.67. The van der Waals surface area contributed by atoms with Gasteiger partial charge in [0.2, 0.25) is 5.89 Å². The molecular formula is C10H19N3O2S. The van der Waals surface area contributed by atoms with Crippen LogP contribution >= 0.6 is 11.8 Å². The van der Waals surface area contributed by atoms with E-state index in [1.54, 1.807) is 7.11 Å². The predicted octanol–water partition coefficient (Wildman–Crippen LogP) is 1.75. The molecule has 0 aliphatic carbocycles. The second-order valence-electron chi connectivity index (χ2n) is 3.64. The van der Waals surface area contributed by atoms with Crippen LogP contribution < -0.4 is 5.73 Å². The number of thioether (sulfide) groups is 1. The van der Waals surface area contributed by atoms with Gasteiger partial charge >= 0.3 is 0 Å². The highest BCUT2D eigenvalue weighted by Crippen LogP contribution is 2.18. The molecule has 0 saturated heterocycles. The van der Waals surface area contributed by atoms with E-state index >= 15 is 0 Å². The quantitative estimate of drug-likeness (QED) is 0.788. The Kier molecular flexibility index (Phi) is 5.79. The van der Waals surface area contributed by atoms with Gasteiger partial charge in [0.25, 0.3) is 0 Å².